The molecule has 5 rings (SSSR count). The van der Waals surface area contributed by atoms with Crippen molar-refractivity contribution in [2.45, 2.75) is 45.1 Å². The fourth-order valence-electron chi connectivity index (χ4n) is 4.62. The summed E-state index contributed by atoms with van der Waals surface area (Å²) in [4.78, 5) is 24.5. The van der Waals surface area contributed by atoms with Crippen LogP contribution in [0.25, 0.3) is 17.0 Å². The minimum Gasteiger partial charge on any atom is -0.481 e. The van der Waals surface area contributed by atoms with Gasteiger partial charge in [0, 0.05) is 40.3 Å². The van der Waals surface area contributed by atoms with Crippen LogP contribution in [0.4, 0.5) is 0 Å². The molecule has 8 heteroatoms. The monoisotopic (exact) mass is 558 g/mol. The predicted octanol–water partition coefficient (Wildman–Crippen LogP) is 6.35. The Morgan fingerprint density at radius 1 is 1.05 bits per heavy atom. The van der Waals surface area contributed by atoms with Crippen molar-refractivity contribution in [3.8, 4) is 11.3 Å². The number of hydrazone groups is 1. The Morgan fingerprint density at radius 3 is 2.46 bits per heavy atom. The number of aryl methyl sites for hydroxylation is 1. The number of hydrogen-bond acceptors (Lipinski definition) is 4. The maximum Gasteiger partial charge on any atom is 0.303 e. The van der Waals surface area contributed by atoms with E-state index < -0.39 is 12.0 Å². The second-order valence-electron chi connectivity index (χ2n) is 9.27. The lowest BCUT2D eigenvalue weighted by atomic mass is 9.96. The molecule has 0 radical (unpaired) electrons. The third-order valence-corrected chi connectivity index (χ3v) is 7.14. The van der Waals surface area contributed by atoms with Crippen LogP contribution in [0.5, 0.6) is 0 Å². The molecule has 3 aromatic rings. The van der Waals surface area contributed by atoms with E-state index in [0.717, 1.165) is 56.7 Å². The first-order chi connectivity index (χ1) is 17.9. The highest BCUT2D eigenvalue weighted by Crippen LogP contribution is 2.39. The number of aliphatic carboxylic acids is 1. The van der Waals surface area contributed by atoms with Gasteiger partial charge in [0.1, 0.15) is 0 Å². The smallest absolute Gasteiger partial charge is 0.303 e. The van der Waals surface area contributed by atoms with Crippen LogP contribution >= 0.6 is 15.9 Å². The summed E-state index contributed by atoms with van der Waals surface area (Å²) < 4.78 is 2.87. The molecule has 1 unspecified atom stereocenters. The van der Waals surface area contributed by atoms with Gasteiger partial charge < -0.3 is 5.11 Å². The van der Waals surface area contributed by atoms with Crippen molar-refractivity contribution in [1.29, 1.82) is 0 Å². The van der Waals surface area contributed by atoms with Gasteiger partial charge in [0.05, 0.1) is 23.9 Å². The molecule has 2 heterocycles. The third kappa shape index (κ3) is 5.49. The zero-order valence-electron chi connectivity index (χ0n) is 20.5. The highest BCUT2D eigenvalue weighted by molar-refractivity contribution is 9.10. The molecule has 0 saturated carbocycles. The van der Waals surface area contributed by atoms with E-state index in [1.807, 2.05) is 60.3 Å². The number of halogens is 1. The first kappa shape index (κ1) is 24.9. The van der Waals surface area contributed by atoms with Gasteiger partial charge in [-0.25, -0.2) is 9.69 Å². The van der Waals surface area contributed by atoms with Crippen LogP contribution in [0.1, 0.15) is 54.8 Å². The Balaban J connectivity index is 1.59. The van der Waals surface area contributed by atoms with Crippen molar-refractivity contribution in [3.05, 3.63) is 94.1 Å². The van der Waals surface area contributed by atoms with Gasteiger partial charge in [-0.05, 0) is 43.5 Å². The van der Waals surface area contributed by atoms with E-state index in [4.69, 9.17) is 10.2 Å². The Kier molecular flexibility index (Phi) is 7.19. The number of aromatic nitrogens is 2. The first-order valence-electron chi connectivity index (χ1n) is 12.3. The summed E-state index contributed by atoms with van der Waals surface area (Å²) in [5.74, 6) is -1.33. The van der Waals surface area contributed by atoms with Crippen LogP contribution in [0.2, 0.25) is 0 Å². The Labute approximate surface area is 223 Å². The molecule has 7 nitrogen and oxygen atoms in total. The maximum atomic E-state index is 13.3. The van der Waals surface area contributed by atoms with Crippen LogP contribution in [0, 0.1) is 6.92 Å². The van der Waals surface area contributed by atoms with E-state index in [0.29, 0.717) is 6.42 Å². The van der Waals surface area contributed by atoms with Crippen molar-refractivity contribution in [1.82, 2.24) is 14.8 Å². The molecule has 1 amide bonds. The topological polar surface area (TPSA) is 87.8 Å². The number of benzene rings is 2. The van der Waals surface area contributed by atoms with E-state index in [1.54, 1.807) is 0 Å². The molecule has 37 heavy (non-hydrogen) atoms. The zero-order chi connectivity index (χ0) is 25.9. The van der Waals surface area contributed by atoms with Gasteiger partial charge in [0.15, 0.2) is 0 Å². The molecule has 1 atom stereocenters. The van der Waals surface area contributed by atoms with E-state index in [2.05, 4.69) is 40.2 Å². The molecule has 1 N–H and O–H groups in total. The van der Waals surface area contributed by atoms with Crippen molar-refractivity contribution in [2.75, 3.05) is 0 Å². The molecule has 0 spiro atoms. The fraction of sp³-hybridized carbons (Fsp3) is 0.241. The number of carboxylic acids is 1. The van der Waals surface area contributed by atoms with Crippen molar-refractivity contribution in [3.63, 3.8) is 0 Å². The van der Waals surface area contributed by atoms with Gasteiger partial charge in [-0.15, -0.1) is 0 Å². The number of allylic oxidation sites excluding steroid dienone is 4. The van der Waals surface area contributed by atoms with Crippen LogP contribution in [-0.4, -0.2) is 37.5 Å². The molecule has 188 valence electrons. The SMILES string of the molecule is Cc1ccc(-c2nn(C3=CC=CCC3)cc2C2CC(c3ccc(Br)cc3)=NN2C(=O)CCC(=O)O)cc1. The molecule has 1 aromatic heterocycles. The Morgan fingerprint density at radius 2 is 1.78 bits per heavy atom. The van der Waals surface area contributed by atoms with Gasteiger partial charge in [0.2, 0.25) is 5.91 Å². The standard InChI is InChI=1S/C29H27BrN4O3/c1-19-7-9-21(10-8-19)29-24(18-33(32-29)23-5-3-2-4-6-23)26-17-25(20-11-13-22(30)14-12-20)31-34(26)27(35)15-16-28(36)37/h2-3,5,7-14,18,26H,4,6,15-17H2,1H3,(H,36,37). The summed E-state index contributed by atoms with van der Waals surface area (Å²) in [5.41, 5.74) is 6.58. The molecular formula is C29H27BrN4O3. The van der Waals surface area contributed by atoms with E-state index in [1.165, 1.54) is 5.01 Å². The maximum absolute atomic E-state index is 13.3. The van der Waals surface area contributed by atoms with Crippen molar-refractivity contribution in [2.24, 2.45) is 5.10 Å². The van der Waals surface area contributed by atoms with Crippen LogP contribution < -0.4 is 0 Å². The highest BCUT2D eigenvalue weighted by Gasteiger charge is 2.36. The number of carboxylic acid groups (broad SMARTS) is 1. The van der Waals surface area contributed by atoms with E-state index in [-0.39, 0.29) is 18.7 Å². The van der Waals surface area contributed by atoms with Gasteiger partial charge in [-0.2, -0.15) is 10.2 Å². The molecule has 0 fully saturated rings. The number of carbonyl (C=O) groups is 2. The minimum atomic E-state index is -1.01. The molecule has 2 aliphatic rings. The van der Waals surface area contributed by atoms with E-state index in [9.17, 15) is 14.7 Å². The van der Waals surface area contributed by atoms with Crippen LogP contribution in [-0.2, 0) is 9.59 Å². The average Bonchev–Trinajstić information content (AvgIpc) is 3.54. The Bertz CT molecular complexity index is 1420. The summed E-state index contributed by atoms with van der Waals surface area (Å²) in [6.07, 6.45) is 10.2. The number of hydrogen-bond donors (Lipinski definition) is 1. The number of rotatable bonds is 7. The van der Waals surface area contributed by atoms with Gasteiger partial charge in [-0.3, -0.25) is 9.59 Å². The highest BCUT2D eigenvalue weighted by atomic mass is 79.9. The minimum absolute atomic E-state index is 0.118. The van der Waals surface area contributed by atoms with E-state index >= 15 is 0 Å². The predicted molar refractivity (Wildman–Crippen MR) is 147 cm³/mol. The number of amides is 1. The lowest BCUT2D eigenvalue weighted by Crippen LogP contribution is -2.27. The lowest BCUT2D eigenvalue weighted by Gasteiger charge is -2.21. The third-order valence-electron chi connectivity index (χ3n) is 6.61. The van der Waals surface area contributed by atoms with Gasteiger partial charge in [0.25, 0.3) is 0 Å². The molecule has 0 saturated heterocycles. The second-order valence-corrected chi connectivity index (χ2v) is 10.2. The Hall–Kier alpha value is -3.78. The lowest BCUT2D eigenvalue weighted by molar-refractivity contribution is -0.141. The number of carbonyl (C=O) groups excluding carboxylic acids is 1. The van der Waals surface area contributed by atoms with Crippen LogP contribution in [0.15, 0.2) is 82.5 Å². The largest absolute Gasteiger partial charge is 0.481 e. The number of nitrogens with zero attached hydrogens (tertiary/aromatic N) is 4. The van der Waals surface area contributed by atoms with Crippen LogP contribution in [0.3, 0.4) is 0 Å². The summed E-state index contributed by atoms with van der Waals surface area (Å²) in [6, 6.07) is 15.6. The van der Waals surface area contributed by atoms with Crippen molar-refractivity contribution >= 4 is 39.2 Å². The normalized spacial score (nSPS) is 17.0. The average molecular weight is 559 g/mol. The molecule has 2 aromatic carbocycles. The van der Waals surface area contributed by atoms with Crippen molar-refractivity contribution < 1.29 is 14.7 Å². The fourth-order valence-corrected chi connectivity index (χ4v) is 4.89. The zero-order valence-corrected chi connectivity index (χ0v) is 22.1. The van der Waals surface area contributed by atoms with Gasteiger partial charge in [-0.1, -0.05) is 70.0 Å². The molecule has 1 aliphatic heterocycles. The molecule has 1 aliphatic carbocycles. The first-order valence-corrected chi connectivity index (χ1v) is 13.1. The second kappa shape index (κ2) is 10.7. The van der Waals surface area contributed by atoms with Gasteiger partial charge >= 0.3 is 5.97 Å². The summed E-state index contributed by atoms with van der Waals surface area (Å²) >= 11 is 3.47. The summed E-state index contributed by atoms with van der Waals surface area (Å²) in [5, 5.41) is 20.3. The summed E-state index contributed by atoms with van der Waals surface area (Å²) in [6.45, 7) is 2.04. The molecule has 0 bridgehead atoms. The molecular weight excluding hydrogens is 532 g/mol. The quantitative estimate of drug-likeness (QED) is 0.365. The summed E-state index contributed by atoms with van der Waals surface area (Å²) in [7, 11) is 0.